The second kappa shape index (κ2) is 7.90. The molecule has 2 aromatic rings. The minimum atomic E-state index is -0.583. The van der Waals surface area contributed by atoms with Crippen molar-refractivity contribution in [3.63, 3.8) is 0 Å². The summed E-state index contributed by atoms with van der Waals surface area (Å²) in [6, 6.07) is 12.0. The number of nitrogens with two attached hydrogens (primary N) is 1. The third-order valence-corrected chi connectivity index (χ3v) is 4.44. The number of benzene rings is 2. The van der Waals surface area contributed by atoms with Crippen LogP contribution < -0.4 is 20.7 Å². The maximum atomic E-state index is 12.4. The van der Waals surface area contributed by atoms with Gasteiger partial charge in [0.05, 0.1) is 19.2 Å². The highest BCUT2D eigenvalue weighted by molar-refractivity contribution is 5.98. The predicted octanol–water partition coefficient (Wildman–Crippen LogP) is 2.10. The van der Waals surface area contributed by atoms with E-state index in [-0.39, 0.29) is 23.8 Å². The summed E-state index contributed by atoms with van der Waals surface area (Å²) in [5, 5.41) is 2.75. The molecule has 1 aliphatic heterocycles. The number of rotatable bonds is 6. The largest absolute Gasteiger partial charge is 0.495 e. The van der Waals surface area contributed by atoms with Crippen LogP contribution in [0.4, 0.5) is 11.4 Å². The van der Waals surface area contributed by atoms with E-state index in [0.29, 0.717) is 17.9 Å². The fraction of sp³-hybridized carbons (Fsp3) is 0.250. The van der Waals surface area contributed by atoms with Crippen LogP contribution in [-0.4, -0.2) is 31.4 Å². The van der Waals surface area contributed by atoms with Gasteiger partial charge in [0.15, 0.2) is 0 Å². The smallest absolute Gasteiger partial charge is 0.248 e. The third kappa shape index (κ3) is 4.25. The molecule has 7 heteroatoms. The van der Waals surface area contributed by atoms with E-state index in [1.165, 1.54) is 19.2 Å². The van der Waals surface area contributed by atoms with Gasteiger partial charge in [0.1, 0.15) is 5.75 Å². The number of anilines is 2. The van der Waals surface area contributed by atoms with E-state index < -0.39 is 5.91 Å². The zero-order valence-corrected chi connectivity index (χ0v) is 15.0. The quantitative estimate of drug-likeness (QED) is 0.816. The number of primary amides is 1. The van der Waals surface area contributed by atoms with Crippen LogP contribution >= 0.6 is 0 Å². The maximum absolute atomic E-state index is 12.4. The molecule has 0 spiro atoms. The van der Waals surface area contributed by atoms with Gasteiger partial charge in [-0.05, 0) is 42.3 Å². The molecule has 1 saturated heterocycles. The van der Waals surface area contributed by atoms with E-state index in [2.05, 4.69) is 5.32 Å². The van der Waals surface area contributed by atoms with E-state index in [0.717, 1.165) is 24.2 Å². The Morgan fingerprint density at radius 2 is 1.93 bits per heavy atom. The molecule has 3 N–H and O–H groups in total. The summed E-state index contributed by atoms with van der Waals surface area (Å²) >= 11 is 0. The van der Waals surface area contributed by atoms with Crippen molar-refractivity contribution in [2.75, 3.05) is 23.9 Å². The van der Waals surface area contributed by atoms with Gasteiger partial charge in [-0.3, -0.25) is 14.4 Å². The average molecular weight is 367 g/mol. The monoisotopic (exact) mass is 367 g/mol. The first kappa shape index (κ1) is 18.4. The second-order valence-corrected chi connectivity index (χ2v) is 6.32. The standard InChI is InChI=1S/C20H21N3O4/c1-27-17-9-6-14(20(21)26)12-16(17)22-18(24)11-13-4-7-15(8-5-13)23-10-2-3-19(23)25/h4-9,12H,2-3,10-11H2,1H3,(H2,21,26)(H,22,24). The van der Waals surface area contributed by atoms with Crippen molar-refractivity contribution in [1.82, 2.24) is 0 Å². The highest BCUT2D eigenvalue weighted by atomic mass is 16.5. The molecule has 1 fully saturated rings. The SMILES string of the molecule is COc1ccc(C(N)=O)cc1NC(=O)Cc1ccc(N2CCCC2=O)cc1. The van der Waals surface area contributed by atoms with Crippen LogP contribution in [-0.2, 0) is 16.0 Å². The highest BCUT2D eigenvalue weighted by Crippen LogP contribution is 2.26. The number of carbonyl (C=O) groups excluding carboxylic acids is 3. The minimum absolute atomic E-state index is 0.127. The number of ether oxygens (including phenoxy) is 1. The Kier molecular flexibility index (Phi) is 5.40. The van der Waals surface area contributed by atoms with E-state index >= 15 is 0 Å². The number of nitrogens with zero attached hydrogens (tertiary/aromatic N) is 1. The van der Waals surface area contributed by atoms with Crippen molar-refractivity contribution >= 4 is 29.1 Å². The normalized spacial score (nSPS) is 13.5. The van der Waals surface area contributed by atoms with Crippen molar-refractivity contribution < 1.29 is 19.1 Å². The van der Waals surface area contributed by atoms with Gasteiger partial charge in [-0.2, -0.15) is 0 Å². The van der Waals surface area contributed by atoms with Crippen molar-refractivity contribution in [2.45, 2.75) is 19.3 Å². The molecule has 2 aromatic carbocycles. The molecule has 3 amide bonds. The zero-order valence-electron chi connectivity index (χ0n) is 15.0. The molecule has 140 valence electrons. The fourth-order valence-corrected chi connectivity index (χ4v) is 3.05. The first-order chi connectivity index (χ1) is 13.0. The predicted molar refractivity (Wildman–Crippen MR) is 102 cm³/mol. The van der Waals surface area contributed by atoms with Gasteiger partial charge in [-0.25, -0.2) is 0 Å². The molecule has 0 atom stereocenters. The van der Waals surface area contributed by atoms with Crippen LogP contribution in [0.15, 0.2) is 42.5 Å². The van der Waals surface area contributed by atoms with Crippen molar-refractivity contribution in [3.05, 3.63) is 53.6 Å². The summed E-state index contributed by atoms with van der Waals surface area (Å²) < 4.78 is 5.21. The average Bonchev–Trinajstić information content (AvgIpc) is 3.08. The summed E-state index contributed by atoms with van der Waals surface area (Å²) in [5.74, 6) is -0.265. The van der Waals surface area contributed by atoms with Crippen LogP contribution in [0, 0.1) is 0 Å². The molecular formula is C20H21N3O4. The van der Waals surface area contributed by atoms with Gasteiger partial charge >= 0.3 is 0 Å². The lowest BCUT2D eigenvalue weighted by atomic mass is 10.1. The molecule has 1 heterocycles. The lowest BCUT2D eigenvalue weighted by Gasteiger charge is -2.16. The second-order valence-electron chi connectivity index (χ2n) is 6.32. The Morgan fingerprint density at radius 1 is 1.19 bits per heavy atom. The summed E-state index contributed by atoms with van der Waals surface area (Å²) in [4.78, 5) is 37.3. The number of hydrogen-bond acceptors (Lipinski definition) is 4. The topological polar surface area (TPSA) is 102 Å². The molecule has 0 unspecified atom stereocenters. The summed E-state index contributed by atoms with van der Waals surface area (Å²) in [5.41, 5.74) is 7.61. The summed E-state index contributed by atoms with van der Waals surface area (Å²) in [7, 11) is 1.48. The molecule has 0 aromatic heterocycles. The van der Waals surface area contributed by atoms with Gasteiger partial charge in [0, 0.05) is 24.2 Å². The molecular weight excluding hydrogens is 346 g/mol. The van der Waals surface area contributed by atoms with Crippen LogP contribution in [0.2, 0.25) is 0 Å². The number of hydrogen-bond donors (Lipinski definition) is 2. The maximum Gasteiger partial charge on any atom is 0.248 e. The lowest BCUT2D eigenvalue weighted by molar-refractivity contribution is -0.117. The molecule has 1 aliphatic rings. The van der Waals surface area contributed by atoms with Gasteiger partial charge in [0.2, 0.25) is 17.7 Å². The molecule has 0 saturated carbocycles. The van der Waals surface area contributed by atoms with E-state index in [4.69, 9.17) is 10.5 Å². The fourth-order valence-electron chi connectivity index (χ4n) is 3.05. The van der Waals surface area contributed by atoms with Crippen LogP contribution in [0.1, 0.15) is 28.8 Å². The van der Waals surface area contributed by atoms with Gasteiger partial charge in [-0.15, -0.1) is 0 Å². The first-order valence-electron chi connectivity index (χ1n) is 8.65. The molecule has 0 aliphatic carbocycles. The summed E-state index contributed by atoms with van der Waals surface area (Å²) in [6.07, 6.45) is 1.60. The number of amides is 3. The molecule has 0 radical (unpaired) electrons. The number of methoxy groups -OCH3 is 1. The van der Waals surface area contributed by atoms with Crippen molar-refractivity contribution in [2.24, 2.45) is 5.73 Å². The van der Waals surface area contributed by atoms with Gasteiger partial charge < -0.3 is 20.7 Å². The Morgan fingerprint density at radius 3 is 2.52 bits per heavy atom. The number of nitrogens with one attached hydrogen (secondary N) is 1. The molecule has 27 heavy (non-hydrogen) atoms. The van der Waals surface area contributed by atoms with E-state index in [1.807, 2.05) is 24.3 Å². The minimum Gasteiger partial charge on any atom is -0.495 e. The van der Waals surface area contributed by atoms with Crippen LogP contribution in [0.3, 0.4) is 0 Å². The van der Waals surface area contributed by atoms with E-state index in [1.54, 1.807) is 11.0 Å². The summed E-state index contributed by atoms with van der Waals surface area (Å²) in [6.45, 7) is 0.731. The van der Waals surface area contributed by atoms with Crippen molar-refractivity contribution in [3.8, 4) is 5.75 Å². The van der Waals surface area contributed by atoms with E-state index in [9.17, 15) is 14.4 Å². The Labute approximate surface area is 157 Å². The first-order valence-corrected chi connectivity index (χ1v) is 8.65. The molecule has 7 nitrogen and oxygen atoms in total. The lowest BCUT2D eigenvalue weighted by Crippen LogP contribution is -2.23. The van der Waals surface area contributed by atoms with Crippen LogP contribution in [0.5, 0.6) is 5.75 Å². The molecule has 3 rings (SSSR count). The molecule has 0 bridgehead atoms. The number of carbonyl (C=O) groups is 3. The highest BCUT2D eigenvalue weighted by Gasteiger charge is 2.21. The Hall–Kier alpha value is -3.35. The van der Waals surface area contributed by atoms with Crippen LogP contribution in [0.25, 0.3) is 0 Å². The zero-order chi connectivity index (χ0) is 19.4. The van der Waals surface area contributed by atoms with Gasteiger partial charge in [-0.1, -0.05) is 12.1 Å². The Balaban J connectivity index is 1.68. The van der Waals surface area contributed by atoms with Crippen molar-refractivity contribution in [1.29, 1.82) is 0 Å². The van der Waals surface area contributed by atoms with Gasteiger partial charge in [0.25, 0.3) is 0 Å². The Bertz CT molecular complexity index is 877. The third-order valence-electron chi connectivity index (χ3n) is 4.44.